The molecule has 0 aliphatic rings. The van der Waals surface area contributed by atoms with E-state index in [1.165, 1.54) is 0 Å². The number of aromatic nitrogens is 4. The number of rotatable bonds is 2. The number of nitrogens with two attached hydrogens (primary N) is 1. The molecular formula is C15H17N5. The quantitative estimate of drug-likeness (QED) is 0.775. The van der Waals surface area contributed by atoms with E-state index in [1.54, 1.807) is 4.68 Å². The van der Waals surface area contributed by atoms with Crippen molar-refractivity contribution in [3.8, 4) is 11.3 Å². The number of hydrogen-bond acceptors (Lipinski definition) is 4. The lowest BCUT2D eigenvalue weighted by atomic mass is 10.0. The molecule has 0 aliphatic carbocycles. The molecule has 3 aromatic rings. The van der Waals surface area contributed by atoms with Crippen LogP contribution in [0.4, 0.5) is 5.82 Å². The number of fused-ring (bicyclic) bond motifs is 1. The van der Waals surface area contributed by atoms with Crippen LogP contribution in [-0.2, 0) is 7.05 Å². The van der Waals surface area contributed by atoms with Crippen LogP contribution in [0.25, 0.3) is 22.3 Å². The van der Waals surface area contributed by atoms with Gasteiger partial charge in [-0.3, -0.25) is 4.68 Å². The zero-order valence-corrected chi connectivity index (χ0v) is 11.8. The van der Waals surface area contributed by atoms with Gasteiger partial charge in [-0.2, -0.15) is 5.10 Å². The van der Waals surface area contributed by atoms with Crippen LogP contribution in [0.5, 0.6) is 0 Å². The molecule has 0 unspecified atom stereocenters. The Kier molecular flexibility index (Phi) is 2.89. The van der Waals surface area contributed by atoms with Crippen LogP contribution in [0.1, 0.15) is 25.5 Å². The standard InChI is InChI=1S/C15H17N5/c1-9(2)13-10(8-20(3)19-13)14-15(16)18-12-7-5-4-6-11(12)17-14/h4-9H,1-3H3,(H2,16,18). The van der Waals surface area contributed by atoms with E-state index in [-0.39, 0.29) is 0 Å². The highest BCUT2D eigenvalue weighted by atomic mass is 15.3. The maximum Gasteiger partial charge on any atom is 0.150 e. The summed E-state index contributed by atoms with van der Waals surface area (Å²) in [7, 11) is 1.90. The maximum atomic E-state index is 6.09. The average Bonchev–Trinajstić information content (AvgIpc) is 2.80. The minimum Gasteiger partial charge on any atom is -0.382 e. The lowest BCUT2D eigenvalue weighted by Gasteiger charge is -2.08. The molecule has 1 aromatic carbocycles. The molecule has 0 saturated heterocycles. The van der Waals surface area contributed by atoms with Crippen molar-refractivity contribution in [1.82, 2.24) is 19.7 Å². The molecule has 102 valence electrons. The Morgan fingerprint density at radius 3 is 2.40 bits per heavy atom. The minimum atomic E-state index is 0.305. The summed E-state index contributed by atoms with van der Waals surface area (Å²) in [4.78, 5) is 9.10. The van der Waals surface area contributed by atoms with Gasteiger partial charge in [-0.1, -0.05) is 26.0 Å². The SMILES string of the molecule is CC(C)c1nn(C)cc1-c1nc2ccccc2nc1N. The molecule has 5 nitrogen and oxygen atoms in total. The first-order valence-corrected chi connectivity index (χ1v) is 6.62. The van der Waals surface area contributed by atoms with Gasteiger partial charge in [0.2, 0.25) is 0 Å². The van der Waals surface area contributed by atoms with Crippen molar-refractivity contribution >= 4 is 16.9 Å². The topological polar surface area (TPSA) is 69.6 Å². The summed E-state index contributed by atoms with van der Waals surface area (Å²) in [5.74, 6) is 0.748. The van der Waals surface area contributed by atoms with E-state index in [0.717, 1.165) is 22.3 Å². The van der Waals surface area contributed by atoms with E-state index >= 15 is 0 Å². The van der Waals surface area contributed by atoms with Crippen molar-refractivity contribution in [2.75, 3.05) is 5.73 Å². The fourth-order valence-electron chi connectivity index (χ4n) is 2.33. The summed E-state index contributed by atoms with van der Waals surface area (Å²) < 4.78 is 1.79. The Bertz CT molecular complexity index is 773. The molecule has 0 fully saturated rings. The predicted molar refractivity (Wildman–Crippen MR) is 80.2 cm³/mol. The Hall–Kier alpha value is -2.43. The van der Waals surface area contributed by atoms with Crippen LogP contribution >= 0.6 is 0 Å². The highest BCUT2D eigenvalue weighted by Crippen LogP contribution is 2.30. The van der Waals surface area contributed by atoms with Crippen LogP contribution in [0, 0.1) is 0 Å². The normalized spacial score (nSPS) is 11.4. The summed E-state index contributed by atoms with van der Waals surface area (Å²) in [5.41, 5.74) is 10.4. The van der Waals surface area contributed by atoms with Crippen LogP contribution in [0.2, 0.25) is 0 Å². The molecule has 2 N–H and O–H groups in total. The largest absolute Gasteiger partial charge is 0.382 e. The Balaban J connectivity index is 2.26. The van der Waals surface area contributed by atoms with Crippen molar-refractivity contribution in [2.45, 2.75) is 19.8 Å². The molecule has 0 saturated carbocycles. The van der Waals surface area contributed by atoms with Crippen molar-refractivity contribution < 1.29 is 0 Å². The fourth-order valence-corrected chi connectivity index (χ4v) is 2.33. The van der Waals surface area contributed by atoms with Crippen LogP contribution < -0.4 is 5.73 Å². The van der Waals surface area contributed by atoms with Gasteiger partial charge in [0.05, 0.1) is 16.7 Å². The highest BCUT2D eigenvalue weighted by Gasteiger charge is 2.17. The number of para-hydroxylation sites is 2. The average molecular weight is 267 g/mol. The molecule has 5 heteroatoms. The van der Waals surface area contributed by atoms with Gasteiger partial charge in [0.1, 0.15) is 5.69 Å². The second-order valence-electron chi connectivity index (χ2n) is 5.20. The molecule has 2 heterocycles. The molecule has 2 aromatic heterocycles. The van der Waals surface area contributed by atoms with Crippen molar-refractivity contribution in [3.05, 3.63) is 36.2 Å². The van der Waals surface area contributed by atoms with E-state index in [2.05, 4.69) is 28.9 Å². The molecule has 3 rings (SSSR count). The van der Waals surface area contributed by atoms with Gasteiger partial charge in [0, 0.05) is 18.8 Å². The Labute approximate surface area is 117 Å². The van der Waals surface area contributed by atoms with Crippen molar-refractivity contribution in [1.29, 1.82) is 0 Å². The molecule has 20 heavy (non-hydrogen) atoms. The second-order valence-corrected chi connectivity index (χ2v) is 5.20. The monoisotopic (exact) mass is 267 g/mol. The molecule has 0 radical (unpaired) electrons. The summed E-state index contributed by atoms with van der Waals surface area (Å²) in [5, 5.41) is 4.50. The van der Waals surface area contributed by atoms with E-state index in [0.29, 0.717) is 17.4 Å². The van der Waals surface area contributed by atoms with Crippen molar-refractivity contribution in [3.63, 3.8) is 0 Å². The predicted octanol–water partition coefficient (Wildman–Crippen LogP) is 2.74. The van der Waals surface area contributed by atoms with Gasteiger partial charge in [-0.15, -0.1) is 0 Å². The molecule has 0 aliphatic heterocycles. The van der Waals surface area contributed by atoms with Gasteiger partial charge < -0.3 is 5.73 Å². The number of hydrogen-bond donors (Lipinski definition) is 1. The first-order valence-electron chi connectivity index (χ1n) is 6.62. The third-order valence-corrected chi connectivity index (χ3v) is 3.26. The first kappa shape index (κ1) is 12.6. The van der Waals surface area contributed by atoms with E-state index in [1.807, 2.05) is 37.5 Å². The number of aryl methyl sites for hydroxylation is 1. The summed E-state index contributed by atoms with van der Waals surface area (Å²) in [6.45, 7) is 4.22. The number of benzene rings is 1. The summed E-state index contributed by atoms with van der Waals surface area (Å²) in [6.07, 6.45) is 1.95. The van der Waals surface area contributed by atoms with Gasteiger partial charge in [-0.05, 0) is 18.1 Å². The number of anilines is 1. The second kappa shape index (κ2) is 4.59. The van der Waals surface area contributed by atoms with Crippen molar-refractivity contribution in [2.24, 2.45) is 7.05 Å². The van der Waals surface area contributed by atoms with E-state index < -0.39 is 0 Å². The van der Waals surface area contributed by atoms with Gasteiger partial charge in [0.25, 0.3) is 0 Å². The minimum absolute atomic E-state index is 0.305. The first-order chi connectivity index (χ1) is 9.56. The maximum absolute atomic E-state index is 6.09. The Morgan fingerprint density at radius 1 is 1.10 bits per heavy atom. The number of nitrogens with zero attached hydrogens (tertiary/aromatic N) is 4. The van der Waals surface area contributed by atoms with Crippen LogP contribution in [-0.4, -0.2) is 19.7 Å². The zero-order valence-electron chi connectivity index (χ0n) is 11.8. The molecule has 0 atom stereocenters. The summed E-state index contributed by atoms with van der Waals surface area (Å²) in [6, 6.07) is 7.73. The number of nitrogen functional groups attached to an aromatic ring is 1. The lowest BCUT2D eigenvalue weighted by Crippen LogP contribution is -2.00. The fraction of sp³-hybridized carbons (Fsp3) is 0.267. The summed E-state index contributed by atoms with van der Waals surface area (Å²) >= 11 is 0. The molecule has 0 amide bonds. The molecular weight excluding hydrogens is 250 g/mol. The lowest BCUT2D eigenvalue weighted by molar-refractivity contribution is 0.713. The van der Waals surface area contributed by atoms with E-state index in [9.17, 15) is 0 Å². The van der Waals surface area contributed by atoms with Gasteiger partial charge in [0.15, 0.2) is 5.82 Å². The zero-order chi connectivity index (χ0) is 14.3. The third kappa shape index (κ3) is 2.01. The third-order valence-electron chi connectivity index (χ3n) is 3.26. The van der Waals surface area contributed by atoms with Gasteiger partial charge in [-0.25, -0.2) is 9.97 Å². The molecule has 0 bridgehead atoms. The smallest absolute Gasteiger partial charge is 0.150 e. The highest BCUT2D eigenvalue weighted by molar-refractivity contribution is 5.82. The van der Waals surface area contributed by atoms with Crippen LogP contribution in [0.3, 0.4) is 0 Å². The van der Waals surface area contributed by atoms with E-state index in [4.69, 9.17) is 5.73 Å². The van der Waals surface area contributed by atoms with Gasteiger partial charge >= 0.3 is 0 Å². The van der Waals surface area contributed by atoms with Crippen LogP contribution in [0.15, 0.2) is 30.5 Å². The Morgan fingerprint density at radius 2 is 1.75 bits per heavy atom. The molecule has 0 spiro atoms.